The molecule has 138 valence electrons. The van der Waals surface area contributed by atoms with E-state index in [2.05, 4.69) is 15.1 Å². The summed E-state index contributed by atoms with van der Waals surface area (Å²) < 4.78 is 4.02. The van der Waals surface area contributed by atoms with Crippen LogP contribution in [0.15, 0.2) is 64.4 Å². The summed E-state index contributed by atoms with van der Waals surface area (Å²) in [6, 6.07) is 12.9. The van der Waals surface area contributed by atoms with E-state index in [0.717, 1.165) is 15.8 Å². The molecule has 0 amide bonds. The van der Waals surface area contributed by atoms with E-state index in [9.17, 15) is 9.59 Å². The molecule has 0 aliphatic rings. The first-order valence-electron chi connectivity index (χ1n) is 8.72. The molecule has 1 N–H and O–H groups in total. The highest BCUT2D eigenvalue weighted by molar-refractivity contribution is 7.20. The lowest BCUT2D eigenvalue weighted by molar-refractivity contribution is 0.737. The Labute approximate surface area is 162 Å². The number of benzene rings is 1. The van der Waals surface area contributed by atoms with Crippen molar-refractivity contribution >= 4 is 32.5 Å². The molecule has 0 spiro atoms. The Kier molecular flexibility index (Phi) is 3.73. The van der Waals surface area contributed by atoms with Crippen LogP contribution in [0.25, 0.3) is 26.3 Å². The van der Waals surface area contributed by atoms with Crippen molar-refractivity contribution in [1.82, 2.24) is 24.3 Å². The van der Waals surface area contributed by atoms with Crippen molar-refractivity contribution in [2.24, 2.45) is 0 Å². The third-order valence-electron chi connectivity index (χ3n) is 4.78. The van der Waals surface area contributed by atoms with Gasteiger partial charge in [-0.25, -0.2) is 4.98 Å². The van der Waals surface area contributed by atoms with E-state index in [1.807, 2.05) is 36.4 Å². The Morgan fingerprint density at radius 2 is 1.89 bits per heavy atom. The van der Waals surface area contributed by atoms with Gasteiger partial charge in [0.25, 0.3) is 11.1 Å². The standard InChI is InChI=1S/C20H15N5O2S/c1-12-18-15(10-17(26)24(12)11-13-6-8-21-9-7-13)23-25(19(18)27)20-22-14-4-2-3-5-16(14)28-20/h2-10,23H,11H2,1H3. The number of H-pyrrole nitrogens is 1. The molecule has 0 saturated heterocycles. The zero-order valence-corrected chi connectivity index (χ0v) is 15.7. The summed E-state index contributed by atoms with van der Waals surface area (Å²) in [5.74, 6) is 0. The van der Waals surface area contributed by atoms with E-state index in [0.29, 0.717) is 28.3 Å². The van der Waals surface area contributed by atoms with Crippen LogP contribution in [0.1, 0.15) is 11.3 Å². The molecule has 4 heterocycles. The molecule has 0 atom stereocenters. The Hall–Kier alpha value is -3.52. The number of hydrogen-bond donors (Lipinski definition) is 1. The normalized spacial score (nSPS) is 11.5. The number of nitrogens with one attached hydrogen (secondary N) is 1. The number of pyridine rings is 2. The van der Waals surface area contributed by atoms with Crippen LogP contribution < -0.4 is 11.1 Å². The molecule has 0 fully saturated rings. The molecule has 0 aliphatic carbocycles. The molecule has 28 heavy (non-hydrogen) atoms. The second-order valence-electron chi connectivity index (χ2n) is 6.51. The van der Waals surface area contributed by atoms with Gasteiger partial charge in [0.1, 0.15) is 0 Å². The van der Waals surface area contributed by atoms with Gasteiger partial charge in [-0.1, -0.05) is 23.5 Å². The number of aryl methyl sites for hydroxylation is 1. The van der Waals surface area contributed by atoms with Gasteiger partial charge >= 0.3 is 0 Å². The Morgan fingerprint density at radius 3 is 2.68 bits per heavy atom. The maximum absolute atomic E-state index is 13.1. The molecule has 5 aromatic rings. The van der Waals surface area contributed by atoms with Crippen LogP contribution in [0.3, 0.4) is 0 Å². The third kappa shape index (κ3) is 2.57. The first-order valence-corrected chi connectivity index (χ1v) is 9.53. The fourth-order valence-corrected chi connectivity index (χ4v) is 4.29. The van der Waals surface area contributed by atoms with Gasteiger partial charge in [0.15, 0.2) is 0 Å². The van der Waals surface area contributed by atoms with Gasteiger partial charge in [0, 0.05) is 24.2 Å². The van der Waals surface area contributed by atoms with Gasteiger partial charge in [0.2, 0.25) is 5.13 Å². The SMILES string of the molecule is Cc1c2c(=O)n(-c3nc4ccccc4s3)[nH]c2cc(=O)n1Cc1ccncc1. The average Bonchev–Trinajstić information content (AvgIpc) is 3.27. The molecule has 8 heteroatoms. The van der Waals surface area contributed by atoms with Gasteiger partial charge in [-0.05, 0) is 36.8 Å². The van der Waals surface area contributed by atoms with Crippen molar-refractivity contribution in [3.05, 3.63) is 86.8 Å². The number of thiazole rings is 1. The highest BCUT2D eigenvalue weighted by Gasteiger charge is 2.17. The van der Waals surface area contributed by atoms with Gasteiger partial charge in [0.05, 0.1) is 27.7 Å². The summed E-state index contributed by atoms with van der Waals surface area (Å²) in [5, 5.41) is 4.09. The number of nitrogens with zero attached hydrogens (tertiary/aromatic N) is 4. The Balaban J connectivity index is 1.70. The molecule has 1 aromatic carbocycles. The van der Waals surface area contributed by atoms with Crippen LogP contribution in [-0.4, -0.2) is 24.3 Å². The minimum absolute atomic E-state index is 0.167. The Morgan fingerprint density at radius 1 is 1.11 bits per heavy atom. The van der Waals surface area contributed by atoms with E-state index < -0.39 is 0 Å². The zero-order valence-electron chi connectivity index (χ0n) is 14.9. The zero-order chi connectivity index (χ0) is 19.3. The van der Waals surface area contributed by atoms with Gasteiger partial charge in [-0.2, -0.15) is 4.68 Å². The van der Waals surface area contributed by atoms with Crippen LogP contribution in [-0.2, 0) is 6.54 Å². The monoisotopic (exact) mass is 389 g/mol. The number of para-hydroxylation sites is 1. The van der Waals surface area contributed by atoms with E-state index >= 15 is 0 Å². The largest absolute Gasteiger partial charge is 0.308 e. The molecular formula is C20H15N5O2S. The van der Waals surface area contributed by atoms with Gasteiger partial charge < -0.3 is 4.57 Å². The lowest BCUT2D eigenvalue weighted by atomic mass is 10.2. The molecule has 4 aromatic heterocycles. The second kappa shape index (κ2) is 6.28. The summed E-state index contributed by atoms with van der Waals surface area (Å²) in [6.45, 7) is 2.18. The molecule has 5 rings (SSSR count). The summed E-state index contributed by atoms with van der Waals surface area (Å²) in [7, 11) is 0. The van der Waals surface area contributed by atoms with Crippen molar-refractivity contribution in [3.63, 3.8) is 0 Å². The molecule has 7 nitrogen and oxygen atoms in total. The number of aromatic nitrogens is 5. The van der Waals surface area contributed by atoms with Crippen LogP contribution >= 0.6 is 11.3 Å². The molecular weight excluding hydrogens is 374 g/mol. The number of rotatable bonds is 3. The van der Waals surface area contributed by atoms with Crippen molar-refractivity contribution in [3.8, 4) is 5.13 Å². The maximum atomic E-state index is 13.1. The molecule has 0 aliphatic heterocycles. The van der Waals surface area contributed by atoms with Gasteiger partial charge in [-0.15, -0.1) is 0 Å². The highest BCUT2D eigenvalue weighted by atomic mass is 32.1. The first kappa shape index (κ1) is 16.6. The van der Waals surface area contributed by atoms with E-state index in [1.165, 1.54) is 22.1 Å². The van der Waals surface area contributed by atoms with E-state index in [1.54, 1.807) is 23.9 Å². The lowest BCUT2D eigenvalue weighted by Crippen LogP contribution is -2.23. The number of fused-ring (bicyclic) bond motifs is 2. The molecule has 0 radical (unpaired) electrons. The Bertz CT molecular complexity index is 1410. The first-order chi connectivity index (χ1) is 13.6. The molecule has 0 saturated carbocycles. The molecule has 0 unspecified atom stereocenters. The average molecular weight is 389 g/mol. The smallest absolute Gasteiger partial charge is 0.282 e. The van der Waals surface area contributed by atoms with Crippen LogP contribution in [0, 0.1) is 6.92 Å². The topological polar surface area (TPSA) is 85.6 Å². The quantitative estimate of drug-likeness (QED) is 0.514. The predicted octanol–water partition coefficient (Wildman–Crippen LogP) is 2.84. The minimum Gasteiger partial charge on any atom is -0.308 e. The van der Waals surface area contributed by atoms with Crippen molar-refractivity contribution in [2.75, 3.05) is 0 Å². The summed E-state index contributed by atoms with van der Waals surface area (Å²) in [6.07, 6.45) is 3.37. The van der Waals surface area contributed by atoms with E-state index in [4.69, 9.17) is 0 Å². The van der Waals surface area contributed by atoms with Crippen molar-refractivity contribution < 1.29 is 0 Å². The van der Waals surface area contributed by atoms with Crippen LogP contribution in [0.2, 0.25) is 0 Å². The maximum Gasteiger partial charge on any atom is 0.282 e. The lowest BCUT2D eigenvalue weighted by Gasteiger charge is -2.09. The highest BCUT2D eigenvalue weighted by Crippen LogP contribution is 2.24. The summed E-state index contributed by atoms with van der Waals surface area (Å²) >= 11 is 1.43. The van der Waals surface area contributed by atoms with Crippen LogP contribution in [0.4, 0.5) is 0 Å². The van der Waals surface area contributed by atoms with Crippen molar-refractivity contribution in [2.45, 2.75) is 13.5 Å². The fourth-order valence-electron chi connectivity index (χ4n) is 3.37. The molecule has 0 bridgehead atoms. The minimum atomic E-state index is -0.213. The van der Waals surface area contributed by atoms with Crippen LogP contribution in [0.5, 0.6) is 0 Å². The van der Waals surface area contributed by atoms with Gasteiger partial charge in [-0.3, -0.25) is 19.7 Å². The summed E-state index contributed by atoms with van der Waals surface area (Å²) in [4.78, 5) is 34.3. The van der Waals surface area contributed by atoms with Crippen molar-refractivity contribution in [1.29, 1.82) is 0 Å². The summed E-state index contributed by atoms with van der Waals surface area (Å²) in [5.41, 5.74) is 2.54. The number of hydrogen-bond acceptors (Lipinski definition) is 5. The van der Waals surface area contributed by atoms with E-state index in [-0.39, 0.29) is 11.1 Å². The number of aromatic amines is 1. The predicted molar refractivity (Wildman–Crippen MR) is 109 cm³/mol. The third-order valence-corrected chi connectivity index (χ3v) is 5.80. The fraction of sp³-hybridized carbons (Fsp3) is 0.100. The second-order valence-corrected chi connectivity index (χ2v) is 7.52.